The molecule has 50 heavy (non-hydrogen) atoms. The van der Waals surface area contributed by atoms with Crippen molar-refractivity contribution in [2.75, 3.05) is 0 Å². The molecule has 4 heteroatoms. The zero-order valence-electron chi connectivity index (χ0n) is 27.1. The Morgan fingerprint density at radius 2 is 0.640 bits per heavy atom. The van der Waals surface area contributed by atoms with Gasteiger partial charge in [-0.15, -0.1) is 0 Å². The fourth-order valence-electron chi connectivity index (χ4n) is 6.60. The predicted octanol–water partition coefficient (Wildman–Crippen LogP) is 11.6. The van der Waals surface area contributed by atoms with E-state index in [0.717, 1.165) is 66.5 Å². The molecule has 0 spiro atoms. The van der Waals surface area contributed by atoms with Gasteiger partial charge in [-0.3, -0.25) is 0 Å². The summed E-state index contributed by atoms with van der Waals surface area (Å²) in [5.41, 5.74) is 10.2. The number of fused-ring (bicyclic) bond motifs is 3. The zero-order chi connectivity index (χ0) is 33.3. The lowest BCUT2D eigenvalue weighted by molar-refractivity contribution is 1.07. The molecule has 2 aromatic heterocycles. The van der Waals surface area contributed by atoms with E-state index in [9.17, 15) is 0 Å². The normalized spacial score (nSPS) is 11.2. The van der Waals surface area contributed by atoms with E-state index in [4.69, 9.17) is 19.9 Å². The quantitative estimate of drug-likeness (QED) is 0.170. The molecule has 0 unspecified atom stereocenters. The lowest BCUT2D eigenvalue weighted by atomic mass is 9.94. The highest BCUT2D eigenvalue weighted by Gasteiger charge is 2.16. The van der Waals surface area contributed by atoms with Gasteiger partial charge in [0.2, 0.25) is 0 Å². The van der Waals surface area contributed by atoms with Crippen LogP contribution in [-0.4, -0.2) is 19.9 Å². The smallest absolute Gasteiger partial charge is 0.164 e. The predicted molar refractivity (Wildman–Crippen MR) is 205 cm³/mol. The lowest BCUT2D eigenvalue weighted by Crippen LogP contribution is -2.00. The van der Waals surface area contributed by atoms with Crippen molar-refractivity contribution >= 4 is 21.7 Å². The minimum Gasteiger partial charge on any atom is -0.247 e. The molecule has 4 nitrogen and oxygen atoms in total. The van der Waals surface area contributed by atoms with Gasteiger partial charge in [-0.2, -0.15) is 0 Å². The average Bonchev–Trinajstić information content (AvgIpc) is 3.21. The molecular weight excluding hydrogens is 609 g/mol. The standard InChI is InChI=1S/C46H30N4/c1-4-14-31(15-5-1)36-28-37(32-24-26-33(27-25-32)43-41-22-11-10-20-39(41)40-21-12-13-23-42(40)47-43)30-38(29-36)46-49-44(34-16-6-2-7-17-34)48-45(50-46)35-18-8-3-9-19-35/h1-30H. The first-order valence-corrected chi connectivity index (χ1v) is 16.7. The SMILES string of the molecule is c1ccc(-c2cc(-c3ccc(-c4nc5ccccc5c5ccccc45)cc3)cc(-c3nc(-c4ccccc4)nc(-c4ccccc4)n3)c2)cc1. The molecule has 0 aliphatic rings. The van der Waals surface area contributed by atoms with E-state index in [1.165, 1.54) is 5.39 Å². The van der Waals surface area contributed by atoms with E-state index < -0.39 is 0 Å². The van der Waals surface area contributed by atoms with Crippen molar-refractivity contribution in [3.63, 3.8) is 0 Å². The highest BCUT2D eigenvalue weighted by molar-refractivity contribution is 6.10. The summed E-state index contributed by atoms with van der Waals surface area (Å²) in [6.07, 6.45) is 0. The van der Waals surface area contributed by atoms with Gasteiger partial charge in [0.05, 0.1) is 11.2 Å². The highest BCUT2D eigenvalue weighted by Crippen LogP contribution is 2.36. The van der Waals surface area contributed by atoms with Crippen molar-refractivity contribution in [1.82, 2.24) is 19.9 Å². The number of hydrogen-bond acceptors (Lipinski definition) is 4. The van der Waals surface area contributed by atoms with Crippen LogP contribution in [0, 0.1) is 0 Å². The van der Waals surface area contributed by atoms with Crippen LogP contribution in [0.1, 0.15) is 0 Å². The summed E-state index contributed by atoms with van der Waals surface area (Å²) in [4.78, 5) is 20.1. The van der Waals surface area contributed by atoms with Gasteiger partial charge in [-0.05, 0) is 51.9 Å². The monoisotopic (exact) mass is 638 g/mol. The molecule has 9 aromatic rings. The van der Waals surface area contributed by atoms with Gasteiger partial charge in [0.15, 0.2) is 17.5 Å². The van der Waals surface area contributed by atoms with Gasteiger partial charge in [0, 0.05) is 33.0 Å². The van der Waals surface area contributed by atoms with Crippen LogP contribution in [-0.2, 0) is 0 Å². The summed E-state index contributed by atoms with van der Waals surface area (Å²) >= 11 is 0. The summed E-state index contributed by atoms with van der Waals surface area (Å²) in [5.74, 6) is 1.90. The Hall–Kier alpha value is -6.78. The van der Waals surface area contributed by atoms with E-state index in [2.05, 4.69) is 109 Å². The van der Waals surface area contributed by atoms with Crippen LogP contribution in [0.2, 0.25) is 0 Å². The zero-order valence-corrected chi connectivity index (χ0v) is 27.1. The molecule has 0 amide bonds. The van der Waals surface area contributed by atoms with Crippen LogP contribution in [0.25, 0.3) is 89.4 Å². The van der Waals surface area contributed by atoms with E-state index in [-0.39, 0.29) is 0 Å². The molecule has 2 heterocycles. The minimum atomic E-state index is 0.625. The second kappa shape index (κ2) is 12.7. The second-order valence-corrected chi connectivity index (χ2v) is 12.3. The van der Waals surface area contributed by atoms with E-state index in [1.54, 1.807) is 0 Å². The largest absolute Gasteiger partial charge is 0.247 e. The molecule has 0 saturated heterocycles. The van der Waals surface area contributed by atoms with Crippen molar-refractivity contribution in [2.45, 2.75) is 0 Å². The Kier molecular flexibility index (Phi) is 7.45. The van der Waals surface area contributed by atoms with Crippen molar-refractivity contribution in [2.24, 2.45) is 0 Å². The molecule has 0 atom stereocenters. The maximum absolute atomic E-state index is 5.13. The third-order valence-corrected chi connectivity index (χ3v) is 9.10. The van der Waals surface area contributed by atoms with Crippen molar-refractivity contribution in [1.29, 1.82) is 0 Å². The first-order valence-electron chi connectivity index (χ1n) is 16.7. The molecule has 9 rings (SSSR count). The Balaban J connectivity index is 1.19. The number of benzene rings is 7. The third-order valence-electron chi connectivity index (χ3n) is 9.10. The number of para-hydroxylation sites is 1. The van der Waals surface area contributed by atoms with Gasteiger partial charge in [-0.25, -0.2) is 19.9 Å². The van der Waals surface area contributed by atoms with Gasteiger partial charge < -0.3 is 0 Å². The summed E-state index contributed by atoms with van der Waals surface area (Å²) < 4.78 is 0. The molecule has 0 aliphatic heterocycles. The molecule has 0 radical (unpaired) electrons. The van der Waals surface area contributed by atoms with Crippen LogP contribution in [0.3, 0.4) is 0 Å². The van der Waals surface area contributed by atoms with E-state index >= 15 is 0 Å². The second-order valence-electron chi connectivity index (χ2n) is 12.3. The lowest BCUT2D eigenvalue weighted by Gasteiger charge is -2.13. The number of aromatic nitrogens is 4. The molecule has 0 saturated carbocycles. The van der Waals surface area contributed by atoms with Crippen LogP contribution in [0.15, 0.2) is 182 Å². The van der Waals surface area contributed by atoms with Crippen LogP contribution < -0.4 is 0 Å². The summed E-state index contributed by atoms with van der Waals surface area (Å²) in [7, 11) is 0. The molecule has 7 aromatic carbocycles. The third kappa shape index (κ3) is 5.59. The van der Waals surface area contributed by atoms with Gasteiger partial charge in [0.1, 0.15) is 0 Å². The minimum absolute atomic E-state index is 0.625. The highest BCUT2D eigenvalue weighted by atomic mass is 15.0. The van der Waals surface area contributed by atoms with Gasteiger partial charge in [0.25, 0.3) is 0 Å². The fraction of sp³-hybridized carbons (Fsp3) is 0. The molecule has 0 bridgehead atoms. The fourth-order valence-corrected chi connectivity index (χ4v) is 6.60. The van der Waals surface area contributed by atoms with Crippen molar-refractivity contribution in [3.05, 3.63) is 182 Å². The van der Waals surface area contributed by atoms with Crippen LogP contribution in [0.4, 0.5) is 0 Å². The molecule has 0 fully saturated rings. The van der Waals surface area contributed by atoms with E-state index in [1.807, 2.05) is 72.8 Å². The number of pyridine rings is 1. The maximum atomic E-state index is 5.13. The first kappa shape index (κ1) is 29.4. The molecular formula is C46H30N4. The summed E-state index contributed by atoms with van der Waals surface area (Å²) in [6.45, 7) is 0. The van der Waals surface area contributed by atoms with Crippen molar-refractivity contribution < 1.29 is 0 Å². The maximum Gasteiger partial charge on any atom is 0.164 e. The Bertz CT molecular complexity index is 2560. The topological polar surface area (TPSA) is 51.6 Å². The van der Waals surface area contributed by atoms with E-state index in [0.29, 0.717) is 17.5 Å². The Morgan fingerprint density at radius 3 is 1.22 bits per heavy atom. The molecule has 0 N–H and O–H groups in total. The van der Waals surface area contributed by atoms with Gasteiger partial charge >= 0.3 is 0 Å². The van der Waals surface area contributed by atoms with Gasteiger partial charge in [-0.1, -0.05) is 158 Å². The molecule has 0 aliphatic carbocycles. The number of rotatable bonds is 6. The van der Waals surface area contributed by atoms with Crippen LogP contribution in [0.5, 0.6) is 0 Å². The van der Waals surface area contributed by atoms with Crippen molar-refractivity contribution in [3.8, 4) is 67.7 Å². The summed E-state index contributed by atoms with van der Waals surface area (Å²) in [5, 5.41) is 3.52. The van der Waals surface area contributed by atoms with Crippen LogP contribution >= 0.6 is 0 Å². The average molecular weight is 639 g/mol. The number of hydrogen-bond donors (Lipinski definition) is 0. The number of nitrogens with zero attached hydrogens (tertiary/aromatic N) is 4. The Labute approximate surface area is 290 Å². The molecule has 234 valence electrons. The Morgan fingerprint density at radius 1 is 0.240 bits per heavy atom. The summed E-state index contributed by atoms with van der Waals surface area (Å²) in [6, 6.07) is 62.9. The first-order chi connectivity index (χ1) is 24.8.